The standard InChI is InChI=1S/C16H25N3O2/c1-18(13-14-3-5-15(21-2)6-4-14)10-7-16(20)19-11-8-17-9-12-19/h3-6,17H,7-13H2,1-2H3. The summed E-state index contributed by atoms with van der Waals surface area (Å²) in [7, 11) is 3.72. The maximum atomic E-state index is 12.1. The first kappa shape index (κ1) is 15.8. The minimum absolute atomic E-state index is 0.262. The lowest BCUT2D eigenvalue weighted by molar-refractivity contribution is -0.132. The van der Waals surface area contributed by atoms with E-state index < -0.39 is 0 Å². The number of hydrogen-bond donors (Lipinski definition) is 1. The van der Waals surface area contributed by atoms with E-state index in [9.17, 15) is 4.79 Å². The van der Waals surface area contributed by atoms with Crippen LogP contribution in [0, 0.1) is 0 Å². The minimum atomic E-state index is 0.262. The van der Waals surface area contributed by atoms with Crippen LogP contribution < -0.4 is 10.1 Å². The predicted octanol–water partition coefficient (Wildman–Crippen LogP) is 0.949. The van der Waals surface area contributed by atoms with Crippen molar-refractivity contribution < 1.29 is 9.53 Å². The number of carbonyl (C=O) groups is 1. The number of methoxy groups -OCH3 is 1. The van der Waals surface area contributed by atoms with Crippen molar-refractivity contribution in [1.29, 1.82) is 0 Å². The van der Waals surface area contributed by atoms with Crippen molar-refractivity contribution in [3.8, 4) is 5.75 Å². The van der Waals surface area contributed by atoms with Crippen molar-refractivity contribution >= 4 is 5.91 Å². The van der Waals surface area contributed by atoms with Crippen molar-refractivity contribution in [3.63, 3.8) is 0 Å². The molecule has 0 aliphatic carbocycles. The first-order valence-electron chi connectivity index (χ1n) is 7.49. The number of nitrogens with zero attached hydrogens (tertiary/aromatic N) is 2. The van der Waals surface area contributed by atoms with Crippen LogP contribution in [0.4, 0.5) is 0 Å². The monoisotopic (exact) mass is 291 g/mol. The molecule has 5 heteroatoms. The smallest absolute Gasteiger partial charge is 0.223 e. The zero-order chi connectivity index (χ0) is 15.1. The molecule has 1 aliphatic rings. The highest BCUT2D eigenvalue weighted by atomic mass is 16.5. The Bertz CT molecular complexity index is 441. The Hall–Kier alpha value is -1.59. The fourth-order valence-electron chi connectivity index (χ4n) is 2.48. The normalized spacial score (nSPS) is 15.3. The molecule has 0 unspecified atom stereocenters. The molecule has 0 atom stereocenters. The SMILES string of the molecule is COc1ccc(CN(C)CCC(=O)N2CCNCC2)cc1. The number of carbonyl (C=O) groups excluding carboxylic acids is 1. The van der Waals surface area contributed by atoms with Crippen LogP contribution in [0.3, 0.4) is 0 Å². The van der Waals surface area contributed by atoms with Gasteiger partial charge in [-0.25, -0.2) is 0 Å². The van der Waals surface area contributed by atoms with Crippen molar-refractivity contribution in [2.75, 3.05) is 46.9 Å². The summed E-state index contributed by atoms with van der Waals surface area (Å²) in [5, 5.41) is 3.26. The lowest BCUT2D eigenvalue weighted by Crippen LogP contribution is -2.47. The maximum Gasteiger partial charge on any atom is 0.223 e. The number of hydrogen-bond acceptors (Lipinski definition) is 4. The number of rotatable bonds is 6. The zero-order valence-electron chi connectivity index (χ0n) is 13.0. The molecule has 1 N–H and O–H groups in total. The van der Waals surface area contributed by atoms with Crippen LogP contribution in [0.2, 0.25) is 0 Å². The lowest BCUT2D eigenvalue weighted by Gasteiger charge is -2.28. The predicted molar refractivity (Wildman–Crippen MR) is 83.4 cm³/mol. The number of amides is 1. The van der Waals surface area contributed by atoms with Gasteiger partial charge in [-0.2, -0.15) is 0 Å². The third-order valence-corrected chi connectivity index (χ3v) is 3.79. The summed E-state index contributed by atoms with van der Waals surface area (Å²) in [5.41, 5.74) is 1.23. The third-order valence-electron chi connectivity index (χ3n) is 3.79. The van der Waals surface area contributed by atoms with E-state index >= 15 is 0 Å². The van der Waals surface area contributed by atoms with Crippen LogP contribution >= 0.6 is 0 Å². The molecular formula is C16H25N3O2. The highest BCUT2D eigenvalue weighted by molar-refractivity contribution is 5.76. The summed E-state index contributed by atoms with van der Waals surface area (Å²) in [6.07, 6.45) is 0.590. The van der Waals surface area contributed by atoms with E-state index in [4.69, 9.17) is 4.74 Å². The number of benzene rings is 1. The van der Waals surface area contributed by atoms with Crippen LogP contribution in [-0.2, 0) is 11.3 Å². The molecule has 1 aliphatic heterocycles. The molecule has 1 fully saturated rings. The van der Waals surface area contributed by atoms with E-state index in [2.05, 4.69) is 29.4 Å². The third kappa shape index (κ3) is 5.02. The quantitative estimate of drug-likeness (QED) is 0.847. The highest BCUT2D eigenvalue weighted by Gasteiger charge is 2.16. The number of nitrogens with one attached hydrogen (secondary N) is 1. The molecule has 1 heterocycles. The molecular weight excluding hydrogens is 266 g/mol. The number of piperazine rings is 1. The molecule has 0 spiro atoms. The number of ether oxygens (including phenoxy) is 1. The van der Waals surface area contributed by atoms with Gasteiger partial charge in [0.15, 0.2) is 0 Å². The van der Waals surface area contributed by atoms with Crippen LogP contribution in [0.25, 0.3) is 0 Å². The molecule has 1 saturated heterocycles. The molecule has 1 amide bonds. The lowest BCUT2D eigenvalue weighted by atomic mass is 10.2. The molecule has 1 aromatic carbocycles. The van der Waals surface area contributed by atoms with Crippen LogP contribution in [0.5, 0.6) is 5.75 Å². The molecule has 0 aromatic heterocycles. The van der Waals surface area contributed by atoms with E-state index in [1.54, 1.807) is 7.11 Å². The van der Waals surface area contributed by atoms with Crippen molar-refractivity contribution in [2.24, 2.45) is 0 Å². The van der Waals surface area contributed by atoms with Gasteiger partial charge in [0.2, 0.25) is 5.91 Å². The Morgan fingerprint density at radius 3 is 2.57 bits per heavy atom. The molecule has 0 radical (unpaired) electrons. The molecule has 21 heavy (non-hydrogen) atoms. The molecule has 1 aromatic rings. The average molecular weight is 291 g/mol. The van der Waals surface area contributed by atoms with Gasteiger partial charge in [-0.05, 0) is 24.7 Å². The van der Waals surface area contributed by atoms with Crippen molar-refractivity contribution in [1.82, 2.24) is 15.1 Å². The summed E-state index contributed by atoms with van der Waals surface area (Å²) in [5.74, 6) is 1.13. The average Bonchev–Trinajstić information content (AvgIpc) is 2.54. The second kappa shape index (κ2) is 8.00. The van der Waals surface area contributed by atoms with Gasteiger partial charge in [-0.15, -0.1) is 0 Å². The maximum absolute atomic E-state index is 12.1. The van der Waals surface area contributed by atoms with E-state index in [1.165, 1.54) is 5.56 Å². The molecule has 0 saturated carbocycles. The molecule has 116 valence electrons. The van der Waals surface area contributed by atoms with Gasteiger partial charge >= 0.3 is 0 Å². The van der Waals surface area contributed by atoms with Crippen molar-refractivity contribution in [2.45, 2.75) is 13.0 Å². The first-order valence-corrected chi connectivity index (χ1v) is 7.49. The zero-order valence-corrected chi connectivity index (χ0v) is 13.0. The van der Waals surface area contributed by atoms with E-state index in [0.717, 1.165) is 45.0 Å². The van der Waals surface area contributed by atoms with Gasteiger partial charge in [0.1, 0.15) is 5.75 Å². The topological polar surface area (TPSA) is 44.8 Å². The Labute approximate surface area is 126 Å². The Morgan fingerprint density at radius 2 is 1.95 bits per heavy atom. The second-order valence-corrected chi connectivity index (χ2v) is 5.47. The summed E-state index contributed by atoms with van der Waals surface area (Å²) in [4.78, 5) is 16.2. The summed E-state index contributed by atoms with van der Waals surface area (Å²) >= 11 is 0. The fourth-order valence-corrected chi connectivity index (χ4v) is 2.48. The molecule has 0 bridgehead atoms. The highest BCUT2D eigenvalue weighted by Crippen LogP contribution is 2.12. The van der Waals surface area contributed by atoms with E-state index in [-0.39, 0.29) is 5.91 Å². The largest absolute Gasteiger partial charge is 0.497 e. The van der Waals surface area contributed by atoms with Crippen LogP contribution in [0.1, 0.15) is 12.0 Å². The fraction of sp³-hybridized carbons (Fsp3) is 0.562. The Kier molecular flexibility index (Phi) is 6.02. The second-order valence-electron chi connectivity index (χ2n) is 5.47. The van der Waals surface area contributed by atoms with Gasteiger partial charge in [0.05, 0.1) is 7.11 Å². The molecule has 2 rings (SSSR count). The van der Waals surface area contributed by atoms with Gasteiger partial charge in [0.25, 0.3) is 0 Å². The van der Waals surface area contributed by atoms with Crippen LogP contribution in [-0.4, -0.2) is 62.6 Å². The van der Waals surface area contributed by atoms with Crippen LogP contribution in [0.15, 0.2) is 24.3 Å². The Morgan fingerprint density at radius 1 is 1.29 bits per heavy atom. The summed E-state index contributed by atoms with van der Waals surface area (Å²) < 4.78 is 5.15. The minimum Gasteiger partial charge on any atom is -0.497 e. The van der Waals surface area contributed by atoms with Gasteiger partial charge < -0.3 is 19.9 Å². The van der Waals surface area contributed by atoms with E-state index in [1.807, 2.05) is 17.0 Å². The summed E-state index contributed by atoms with van der Waals surface area (Å²) in [6, 6.07) is 8.06. The van der Waals surface area contributed by atoms with E-state index in [0.29, 0.717) is 6.42 Å². The van der Waals surface area contributed by atoms with Gasteiger partial charge in [0, 0.05) is 45.7 Å². The Balaban J connectivity index is 1.73. The first-order chi connectivity index (χ1) is 10.2. The van der Waals surface area contributed by atoms with Gasteiger partial charge in [-0.3, -0.25) is 4.79 Å². The van der Waals surface area contributed by atoms with Crippen molar-refractivity contribution in [3.05, 3.63) is 29.8 Å². The summed E-state index contributed by atoms with van der Waals surface area (Å²) in [6.45, 7) is 5.12. The van der Waals surface area contributed by atoms with Gasteiger partial charge in [-0.1, -0.05) is 12.1 Å². The molecule has 5 nitrogen and oxygen atoms in total.